The molecule has 6 nitrogen and oxygen atoms in total. The maximum atomic E-state index is 9.88. The summed E-state index contributed by atoms with van der Waals surface area (Å²) in [5.41, 5.74) is 0. The molecule has 1 aliphatic heterocycles. The Bertz CT molecular complexity index is 223. The van der Waals surface area contributed by atoms with Crippen LogP contribution in [0, 0.1) is 0 Å². The molecule has 90 valence electrons. The van der Waals surface area contributed by atoms with Gasteiger partial charge in [-0.15, -0.1) is 0 Å². The van der Waals surface area contributed by atoms with Gasteiger partial charge in [0.1, 0.15) is 24.4 Å². The van der Waals surface area contributed by atoms with Gasteiger partial charge < -0.3 is 30.3 Å². The molecular weight excluding hydrogens is 224 g/mol. The van der Waals surface area contributed by atoms with Crippen LogP contribution in [0.2, 0.25) is 0 Å². The molecule has 1 aliphatic rings. The van der Waals surface area contributed by atoms with Gasteiger partial charge in [-0.1, -0.05) is 0 Å². The van der Waals surface area contributed by atoms with Crippen LogP contribution in [0.25, 0.3) is 0 Å². The normalized spacial score (nSPS) is 49.0. The molecule has 6 atom stereocenters. The van der Waals surface area contributed by atoms with E-state index in [1.165, 1.54) is 6.92 Å². The second kappa shape index (κ2) is 4.54. The van der Waals surface area contributed by atoms with E-state index in [-0.39, 0.29) is 0 Å². The van der Waals surface area contributed by atoms with Crippen LogP contribution in [0.3, 0.4) is 0 Å². The second-order valence-electron chi connectivity index (χ2n) is 3.69. The molecule has 0 radical (unpaired) electrons. The van der Waals surface area contributed by atoms with Gasteiger partial charge in [0.15, 0.2) is 0 Å². The van der Waals surface area contributed by atoms with Crippen molar-refractivity contribution in [1.82, 2.24) is 0 Å². The molecule has 7 heteroatoms. The molecule has 0 aromatic heterocycles. The summed E-state index contributed by atoms with van der Waals surface area (Å²) in [4.78, 5) is 0. The van der Waals surface area contributed by atoms with Crippen LogP contribution in [0.1, 0.15) is 6.92 Å². The van der Waals surface area contributed by atoms with Crippen molar-refractivity contribution >= 4 is 12.6 Å². The van der Waals surface area contributed by atoms with Crippen LogP contribution in [0.4, 0.5) is 0 Å². The van der Waals surface area contributed by atoms with Gasteiger partial charge in [0.05, 0.1) is 11.9 Å². The topological polar surface area (TPSA) is 110 Å². The summed E-state index contributed by atoms with van der Waals surface area (Å²) in [5.74, 6) is -2.09. The molecule has 0 aliphatic carbocycles. The minimum absolute atomic E-state index is 0.576. The molecule has 0 bridgehead atoms. The van der Waals surface area contributed by atoms with E-state index < -0.39 is 42.1 Å². The fourth-order valence-corrected chi connectivity index (χ4v) is 1.74. The zero-order chi connectivity index (χ0) is 11.8. The summed E-state index contributed by atoms with van der Waals surface area (Å²) in [6.45, 7) is 0.888. The minimum atomic E-state index is -2.09. The SMILES string of the molecule is CC(S)C1(O)O[C@H](CO)[C@@H](O)[C@H](O)[C@H]1O. The van der Waals surface area contributed by atoms with E-state index >= 15 is 0 Å². The second-order valence-corrected chi connectivity index (χ2v) is 4.47. The molecule has 0 spiro atoms. The van der Waals surface area contributed by atoms with Crippen LogP contribution in [0.15, 0.2) is 0 Å². The molecule has 2 unspecified atom stereocenters. The van der Waals surface area contributed by atoms with Crippen LogP contribution in [0.5, 0.6) is 0 Å². The van der Waals surface area contributed by atoms with E-state index in [0.29, 0.717) is 0 Å². The summed E-state index contributed by atoms with van der Waals surface area (Å²) < 4.78 is 4.95. The Kier molecular flexibility index (Phi) is 3.99. The third-order valence-electron chi connectivity index (χ3n) is 2.60. The predicted molar refractivity (Wildman–Crippen MR) is 53.4 cm³/mol. The van der Waals surface area contributed by atoms with Gasteiger partial charge >= 0.3 is 0 Å². The van der Waals surface area contributed by atoms with Crippen LogP contribution >= 0.6 is 12.6 Å². The van der Waals surface area contributed by atoms with Crippen LogP contribution < -0.4 is 0 Å². The number of hydrogen-bond donors (Lipinski definition) is 6. The first-order valence-corrected chi connectivity index (χ1v) is 5.09. The summed E-state index contributed by atoms with van der Waals surface area (Å²) in [7, 11) is 0. The van der Waals surface area contributed by atoms with E-state index in [1.807, 2.05) is 0 Å². The highest BCUT2D eigenvalue weighted by Gasteiger charge is 2.54. The fourth-order valence-electron chi connectivity index (χ4n) is 1.52. The Labute approximate surface area is 92.5 Å². The number of hydrogen-bond acceptors (Lipinski definition) is 7. The Hall–Kier alpha value is 0.110. The zero-order valence-electron chi connectivity index (χ0n) is 8.19. The average molecular weight is 240 g/mol. The van der Waals surface area contributed by atoms with Crippen molar-refractivity contribution in [2.75, 3.05) is 6.61 Å². The Balaban J connectivity index is 2.92. The van der Waals surface area contributed by atoms with Gasteiger partial charge in [-0.05, 0) is 6.92 Å². The monoisotopic (exact) mass is 240 g/mol. The lowest BCUT2D eigenvalue weighted by atomic mass is 9.91. The van der Waals surface area contributed by atoms with Gasteiger partial charge in [-0.3, -0.25) is 0 Å². The van der Waals surface area contributed by atoms with Crippen molar-refractivity contribution in [2.45, 2.75) is 42.4 Å². The van der Waals surface area contributed by atoms with E-state index in [1.54, 1.807) is 0 Å². The molecule has 1 rings (SSSR count). The molecule has 0 amide bonds. The van der Waals surface area contributed by atoms with Gasteiger partial charge in [0.25, 0.3) is 0 Å². The first kappa shape index (κ1) is 13.2. The maximum absolute atomic E-state index is 9.88. The third kappa shape index (κ3) is 2.14. The summed E-state index contributed by atoms with van der Waals surface area (Å²) in [5, 5.41) is 46.3. The molecule has 0 aromatic rings. The van der Waals surface area contributed by atoms with Crippen molar-refractivity contribution in [3.05, 3.63) is 0 Å². The molecule has 1 fully saturated rings. The van der Waals surface area contributed by atoms with E-state index in [0.717, 1.165) is 0 Å². The average Bonchev–Trinajstić information content (AvgIpc) is 2.20. The summed E-state index contributed by atoms with van der Waals surface area (Å²) >= 11 is 3.93. The molecule has 1 saturated heterocycles. The third-order valence-corrected chi connectivity index (χ3v) is 2.97. The fraction of sp³-hybridized carbons (Fsp3) is 1.00. The molecule has 5 N–H and O–H groups in total. The molecule has 1 heterocycles. The molecule has 15 heavy (non-hydrogen) atoms. The predicted octanol–water partition coefficient (Wildman–Crippen LogP) is -2.53. The lowest BCUT2D eigenvalue weighted by molar-refractivity contribution is -0.347. The number of aliphatic hydroxyl groups is 5. The molecular formula is C8H16O6S. The number of ether oxygens (including phenoxy) is 1. The first-order valence-electron chi connectivity index (χ1n) is 4.58. The highest BCUT2D eigenvalue weighted by molar-refractivity contribution is 7.81. The maximum Gasteiger partial charge on any atom is 0.206 e. The van der Waals surface area contributed by atoms with Gasteiger partial charge in [0.2, 0.25) is 5.79 Å². The summed E-state index contributed by atoms with van der Waals surface area (Å²) in [6.07, 6.45) is -5.86. The van der Waals surface area contributed by atoms with E-state index in [2.05, 4.69) is 12.6 Å². The van der Waals surface area contributed by atoms with Crippen LogP contribution in [-0.4, -0.2) is 67.6 Å². The van der Waals surface area contributed by atoms with Gasteiger partial charge in [0, 0.05) is 0 Å². The number of thiol groups is 1. The number of aliphatic hydroxyl groups excluding tert-OH is 4. The van der Waals surface area contributed by atoms with Crippen molar-refractivity contribution in [3.63, 3.8) is 0 Å². The van der Waals surface area contributed by atoms with E-state index in [9.17, 15) is 20.4 Å². The van der Waals surface area contributed by atoms with Crippen LogP contribution in [-0.2, 0) is 4.74 Å². The Morgan fingerprint density at radius 2 is 1.87 bits per heavy atom. The number of rotatable bonds is 2. The Morgan fingerprint density at radius 3 is 2.27 bits per heavy atom. The standard InChI is InChI=1S/C8H16O6S/c1-3(15)8(13)7(12)6(11)5(10)4(2-9)14-8/h3-7,9-13,15H,2H2,1H3/t3?,4-,5-,6+,7-,8?/m1/s1. The lowest BCUT2D eigenvalue weighted by Gasteiger charge is -2.46. The molecule has 0 saturated carbocycles. The first-order chi connectivity index (χ1) is 6.84. The van der Waals surface area contributed by atoms with Crippen molar-refractivity contribution < 1.29 is 30.3 Å². The largest absolute Gasteiger partial charge is 0.394 e. The van der Waals surface area contributed by atoms with Crippen molar-refractivity contribution in [2.24, 2.45) is 0 Å². The minimum Gasteiger partial charge on any atom is -0.394 e. The quantitative estimate of drug-likeness (QED) is 0.297. The molecule has 0 aromatic carbocycles. The van der Waals surface area contributed by atoms with E-state index in [4.69, 9.17) is 9.84 Å². The smallest absolute Gasteiger partial charge is 0.206 e. The van der Waals surface area contributed by atoms with Crippen molar-refractivity contribution in [1.29, 1.82) is 0 Å². The zero-order valence-corrected chi connectivity index (χ0v) is 9.08. The van der Waals surface area contributed by atoms with Gasteiger partial charge in [-0.25, -0.2) is 0 Å². The highest BCUT2D eigenvalue weighted by atomic mass is 32.1. The van der Waals surface area contributed by atoms with Crippen molar-refractivity contribution in [3.8, 4) is 0 Å². The highest BCUT2D eigenvalue weighted by Crippen LogP contribution is 2.32. The summed E-state index contributed by atoms with van der Waals surface area (Å²) in [6, 6.07) is 0. The Morgan fingerprint density at radius 1 is 1.33 bits per heavy atom. The van der Waals surface area contributed by atoms with Gasteiger partial charge in [-0.2, -0.15) is 12.6 Å². The lowest BCUT2D eigenvalue weighted by Crippen LogP contribution is -2.67.